The van der Waals surface area contributed by atoms with Gasteiger partial charge in [-0.3, -0.25) is 4.90 Å². The van der Waals surface area contributed by atoms with Crippen LogP contribution in [0.3, 0.4) is 0 Å². The number of anilines is 1. The summed E-state index contributed by atoms with van der Waals surface area (Å²) in [7, 11) is 4.74. The summed E-state index contributed by atoms with van der Waals surface area (Å²) in [5.74, 6) is 2.76. The molecular weight excluding hydrogens is 402 g/mol. The third-order valence-electron chi connectivity index (χ3n) is 6.04. The van der Waals surface area contributed by atoms with Crippen molar-refractivity contribution in [2.75, 3.05) is 26.2 Å². The first-order chi connectivity index (χ1) is 14.2. The smallest absolute Gasteiger partial charge is 0.203 e. The molecule has 0 amide bonds. The Morgan fingerprint density at radius 3 is 2.13 bits per heavy atom. The molecule has 1 aliphatic heterocycles. The third kappa shape index (κ3) is 3.41. The minimum absolute atomic E-state index is 0.342. The summed E-state index contributed by atoms with van der Waals surface area (Å²) in [5.41, 5.74) is 5.32. The van der Waals surface area contributed by atoms with E-state index in [1.54, 1.807) is 26.8 Å². The molecule has 3 rings (SSSR count). The molecule has 0 aromatic heterocycles. The number of nitrogens with zero attached hydrogens (tertiary/aromatic N) is 1. The van der Waals surface area contributed by atoms with Gasteiger partial charge >= 0.3 is 0 Å². The van der Waals surface area contributed by atoms with E-state index in [1.165, 1.54) is 0 Å². The van der Waals surface area contributed by atoms with Crippen LogP contribution < -0.4 is 23.8 Å². The molecule has 1 aliphatic rings. The minimum Gasteiger partial charge on any atom is -0.507 e. The molecule has 6 nitrogen and oxygen atoms in total. The van der Waals surface area contributed by atoms with Crippen molar-refractivity contribution >= 4 is 23.4 Å². The Bertz CT molecular complexity index is 965. The van der Waals surface area contributed by atoms with Crippen LogP contribution in [0.2, 0.25) is 0 Å². The van der Waals surface area contributed by atoms with E-state index in [9.17, 15) is 5.11 Å². The van der Waals surface area contributed by atoms with Gasteiger partial charge in [0, 0.05) is 24.1 Å². The van der Waals surface area contributed by atoms with Crippen molar-refractivity contribution < 1.29 is 24.1 Å². The predicted octanol–water partition coefficient (Wildman–Crippen LogP) is 4.85. The highest BCUT2D eigenvalue weighted by molar-refractivity contribution is 7.79. The number of aromatic hydroxyl groups is 1. The summed E-state index contributed by atoms with van der Waals surface area (Å²) >= 11 is 5.40. The van der Waals surface area contributed by atoms with Crippen molar-refractivity contribution in [1.29, 1.82) is 0 Å². The molecule has 1 N–H and O–H groups in total. The molecular formula is C23H29NO5S. The maximum Gasteiger partial charge on any atom is 0.203 e. The van der Waals surface area contributed by atoms with E-state index in [-0.39, 0.29) is 0 Å². The van der Waals surface area contributed by atoms with E-state index >= 15 is 0 Å². The molecule has 0 aliphatic carbocycles. The summed E-state index contributed by atoms with van der Waals surface area (Å²) < 4.78 is 23.0. The maximum atomic E-state index is 10.4. The number of methoxy groups -OCH3 is 3. The van der Waals surface area contributed by atoms with Crippen LogP contribution in [-0.2, 0) is 6.42 Å². The number of thiocarbonyl (C=S) groups is 1. The van der Waals surface area contributed by atoms with Gasteiger partial charge in [-0.25, -0.2) is 0 Å². The molecule has 7 heteroatoms. The highest BCUT2D eigenvalue weighted by Gasteiger charge is 2.39. The van der Waals surface area contributed by atoms with Gasteiger partial charge in [0.15, 0.2) is 17.2 Å². The van der Waals surface area contributed by atoms with Gasteiger partial charge in [0.05, 0.1) is 32.5 Å². The summed E-state index contributed by atoms with van der Waals surface area (Å²) in [4.78, 5) is 1.91. The number of hydrogen-bond donors (Lipinski definition) is 1. The van der Waals surface area contributed by atoms with E-state index in [0.717, 1.165) is 40.1 Å². The summed E-state index contributed by atoms with van der Waals surface area (Å²) in [6.07, 6.45) is 1.45. The average Bonchev–Trinajstić information content (AvgIpc) is 2.75. The minimum atomic E-state index is -0.722. The van der Waals surface area contributed by atoms with Gasteiger partial charge in [0.1, 0.15) is 11.5 Å². The van der Waals surface area contributed by atoms with Gasteiger partial charge in [0.2, 0.25) is 5.75 Å². The zero-order valence-corrected chi connectivity index (χ0v) is 19.4. The Morgan fingerprint density at radius 2 is 1.63 bits per heavy atom. The second-order valence-corrected chi connectivity index (χ2v) is 7.88. The van der Waals surface area contributed by atoms with Gasteiger partial charge in [-0.1, -0.05) is 12.2 Å². The number of hydrogen-bond acceptors (Lipinski definition) is 6. The van der Waals surface area contributed by atoms with E-state index in [0.29, 0.717) is 29.4 Å². The van der Waals surface area contributed by atoms with Gasteiger partial charge in [-0.15, -0.1) is 0 Å². The Kier molecular flexibility index (Phi) is 6.04. The summed E-state index contributed by atoms with van der Waals surface area (Å²) in [6, 6.07) is 3.71. The van der Waals surface area contributed by atoms with Crippen LogP contribution in [0.15, 0.2) is 12.1 Å². The largest absolute Gasteiger partial charge is 0.507 e. The first-order valence-electron chi connectivity index (χ1n) is 9.77. The lowest BCUT2D eigenvalue weighted by molar-refractivity contribution is 0.0744. The Morgan fingerprint density at radius 1 is 1.03 bits per heavy atom. The fourth-order valence-electron chi connectivity index (χ4n) is 4.06. The number of phenolic OH excluding ortho intramolecular Hbond substituents is 1. The Labute approximate surface area is 183 Å². The van der Waals surface area contributed by atoms with Crippen LogP contribution in [0.1, 0.15) is 35.6 Å². The first kappa shape index (κ1) is 22.0. The lowest BCUT2D eigenvalue weighted by Gasteiger charge is -2.44. The number of ether oxygens (including phenoxy) is 4. The van der Waals surface area contributed by atoms with Crippen LogP contribution in [0, 0.1) is 20.8 Å². The molecule has 2 aromatic carbocycles. The van der Waals surface area contributed by atoms with Crippen molar-refractivity contribution in [1.82, 2.24) is 0 Å². The molecule has 0 spiro atoms. The standard InChI is InChI=1S/C23H29NO5S/c1-13-14(2)21-17(15(3)20(13)25)8-9-23(4,29-21)24(12-30)16-10-18(26-5)22(28-7)19(11-16)27-6/h10-12,25H,8-9H2,1-7H3. The van der Waals surface area contributed by atoms with E-state index in [2.05, 4.69) is 0 Å². The SMILES string of the molecule is COc1cc(N(C=S)C2(C)CCc3c(C)c(O)c(C)c(C)c3O2)cc(OC)c1OC. The maximum absolute atomic E-state index is 10.4. The Hall–Kier alpha value is -2.67. The monoisotopic (exact) mass is 431 g/mol. The third-order valence-corrected chi connectivity index (χ3v) is 6.25. The van der Waals surface area contributed by atoms with Gasteiger partial charge in [-0.05, 0) is 50.8 Å². The summed E-state index contributed by atoms with van der Waals surface area (Å²) in [5, 5.41) is 10.4. The fraction of sp³-hybridized carbons (Fsp3) is 0.435. The quantitative estimate of drug-likeness (QED) is 0.656. The molecule has 2 aromatic rings. The number of phenols is 1. The van der Waals surface area contributed by atoms with Crippen molar-refractivity contribution in [3.8, 4) is 28.7 Å². The molecule has 1 unspecified atom stereocenters. The van der Waals surface area contributed by atoms with Crippen molar-refractivity contribution in [3.63, 3.8) is 0 Å². The van der Waals surface area contributed by atoms with Crippen LogP contribution in [0.4, 0.5) is 5.69 Å². The second kappa shape index (κ2) is 8.22. The van der Waals surface area contributed by atoms with E-state index in [4.69, 9.17) is 31.2 Å². The zero-order valence-electron chi connectivity index (χ0n) is 18.6. The topological polar surface area (TPSA) is 60.4 Å². The van der Waals surface area contributed by atoms with E-state index < -0.39 is 5.72 Å². The zero-order chi connectivity index (χ0) is 22.2. The Balaban J connectivity index is 2.10. The molecule has 0 radical (unpaired) electrons. The molecule has 1 heterocycles. The van der Waals surface area contributed by atoms with Gasteiger partial charge < -0.3 is 24.1 Å². The lowest BCUT2D eigenvalue weighted by atomic mass is 9.89. The fourth-order valence-corrected chi connectivity index (χ4v) is 4.40. The van der Waals surface area contributed by atoms with Gasteiger partial charge in [-0.2, -0.15) is 0 Å². The van der Waals surface area contributed by atoms with Gasteiger partial charge in [0.25, 0.3) is 0 Å². The molecule has 162 valence electrons. The number of fused-ring (bicyclic) bond motifs is 1. The first-order valence-corrected chi connectivity index (χ1v) is 10.2. The van der Waals surface area contributed by atoms with E-state index in [1.807, 2.05) is 44.7 Å². The molecule has 0 bridgehead atoms. The second-order valence-electron chi connectivity index (χ2n) is 7.67. The highest BCUT2D eigenvalue weighted by Crippen LogP contribution is 2.47. The number of benzene rings is 2. The number of rotatable bonds is 6. The summed E-state index contributed by atoms with van der Waals surface area (Å²) in [6.45, 7) is 7.82. The molecule has 30 heavy (non-hydrogen) atoms. The molecule has 0 saturated heterocycles. The van der Waals surface area contributed by atoms with Crippen LogP contribution in [0.5, 0.6) is 28.7 Å². The molecule has 0 fully saturated rings. The lowest BCUT2D eigenvalue weighted by Crippen LogP contribution is -2.52. The van der Waals surface area contributed by atoms with Crippen molar-refractivity contribution in [3.05, 3.63) is 34.4 Å². The van der Waals surface area contributed by atoms with Crippen LogP contribution in [-0.4, -0.2) is 37.7 Å². The normalized spacial score (nSPS) is 17.6. The van der Waals surface area contributed by atoms with Crippen molar-refractivity contribution in [2.24, 2.45) is 0 Å². The molecule has 1 atom stereocenters. The molecule has 0 saturated carbocycles. The van der Waals surface area contributed by atoms with Crippen molar-refractivity contribution in [2.45, 2.75) is 46.3 Å². The highest BCUT2D eigenvalue weighted by atomic mass is 32.1. The van der Waals surface area contributed by atoms with Crippen LogP contribution in [0.25, 0.3) is 0 Å². The van der Waals surface area contributed by atoms with Crippen LogP contribution >= 0.6 is 12.2 Å². The average molecular weight is 432 g/mol. The predicted molar refractivity (Wildman–Crippen MR) is 122 cm³/mol.